The summed E-state index contributed by atoms with van der Waals surface area (Å²) in [4.78, 5) is 11.7. The lowest BCUT2D eigenvalue weighted by Crippen LogP contribution is -2.15. The van der Waals surface area contributed by atoms with Crippen molar-refractivity contribution >= 4 is 5.97 Å². The molecule has 0 unspecified atom stereocenters. The lowest BCUT2D eigenvalue weighted by molar-refractivity contribution is 0.0526. The molecule has 0 amide bonds. The average Bonchev–Trinajstić information content (AvgIpc) is 2.68. The zero-order valence-corrected chi connectivity index (χ0v) is 17.0. The first-order valence-corrected chi connectivity index (χ1v) is 11.0. The second kappa shape index (κ2) is 12.1. The summed E-state index contributed by atoms with van der Waals surface area (Å²) in [6.45, 7) is 4.56. The van der Waals surface area contributed by atoms with Gasteiger partial charge in [0.05, 0.1) is 12.2 Å². The molecule has 0 aliphatic heterocycles. The van der Waals surface area contributed by atoms with E-state index in [1.54, 1.807) is 0 Å². The van der Waals surface area contributed by atoms with Gasteiger partial charge in [-0.2, -0.15) is 0 Å². The Morgan fingerprint density at radius 2 is 1.50 bits per heavy atom. The molecule has 26 heavy (non-hydrogen) atoms. The minimum atomic E-state index is -0.216. The maximum absolute atomic E-state index is 11.7. The van der Waals surface area contributed by atoms with Gasteiger partial charge in [0.1, 0.15) is 0 Å². The van der Waals surface area contributed by atoms with Crippen LogP contribution in [0.3, 0.4) is 0 Å². The highest BCUT2D eigenvalue weighted by Gasteiger charge is 2.20. The molecule has 0 saturated heterocycles. The summed E-state index contributed by atoms with van der Waals surface area (Å²) in [5, 5.41) is 0. The van der Waals surface area contributed by atoms with Gasteiger partial charge in [-0.15, -0.1) is 0 Å². The molecule has 1 aromatic rings. The van der Waals surface area contributed by atoms with E-state index >= 15 is 0 Å². The van der Waals surface area contributed by atoms with Crippen molar-refractivity contribution in [2.45, 2.75) is 90.9 Å². The van der Waals surface area contributed by atoms with Crippen molar-refractivity contribution in [1.29, 1.82) is 0 Å². The number of esters is 1. The maximum atomic E-state index is 11.7. The summed E-state index contributed by atoms with van der Waals surface area (Å²) < 4.78 is 5.04. The SMILES string of the molecule is CCCCCCCC1CCC(CCc2ccc(C(=O)OCC)cc2)CC1. The predicted molar refractivity (Wildman–Crippen MR) is 110 cm³/mol. The third-order valence-corrected chi connectivity index (χ3v) is 5.99. The molecular weight excluding hydrogens is 320 g/mol. The van der Waals surface area contributed by atoms with Crippen LogP contribution >= 0.6 is 0 Å². The standard InChI is InChI=1S/C24H38O2/c1-3-5-6-7-8-9-20-10-12-21(13-11-20)14-15-22-16-18-23(19-17-22)24(25)26-4-2/h16-21H,3-15H2,1-2H3. The van der Waals surface area contributed by atoms with E-state index in [4.69, 9.17) is 4.74 Å². The van der Waals surface area contributed by atoms with Gasteiger partial charge in [0.2, 0.25) is 0 Å². The predicted octanol–water partition coefficient (Wildman–Crippen LogP) is 6.96. The van der Waals surface area contributed by atoms with Crippen LogP contribution < -0.4 is 0 Å². The second-order valence-electron chi connectivity index (χ2n) is 8.05. The third-order valence-electron chi connectivity index (χ3n) is 5.99. The summed E-state index contributed by atoms with van der Waals surface area (Å²) >= 11 is 0. The first kappa shape index (κ1) is 21.0. The molecule has 0 aromatic heterocycles. The van der Waals surface area contributed by atoms with Crippen molar-refractivity contribution in [3.8, 4) is 0 Å². The highest BCUT2D eigenvalue weighted by molar-refractivity contribution is 5.89. The van der Waals surface area contributed by atoms with Crippen LogP contribution in [0.15, 0.2) is 24.3 Å². The van der Waals surface area contributed by atoms with Gasteiger partial charge in [0, 0.05) is 0 Å². The highest BCUT2D eigenvalue weighted by Crippen LogP contribution is 2.34. The first-order chi connectivity index (χ1) is 12.7. The molecule has 2 nitrogen and oxygen atoms in total. The average molecular weight is 359 g/mol. The Morgan fingerprint density at radius 3 is 2.12 bits per heavy atom. The molecule has 0 bridgehead atoms. The molecule has 0 radical (unpaired) electrons. The molecule has 0 spiro atoms. The van der Waals surface area contributed by atoms with Gasteiger partial charge >= 0.3 is 5.97 Å². The minimum Gasteiger partial charge on any atom is -0.462 e. The van der Waals surface area contributed by atoms with E-state index < -0.39 is 0 Å². The van der Waals surface area contributed by atoms with Gasteiger partial charge < -0.3 is 4.74 Å². The van der Waals surface area contributed by atoms with Gasteiger partial charge in [0.15, 0.2) is 0 Å². The zero-order valence-electron chi connectivity index (χ0n) is 17.0. The lowest BCUT2D eigenvalue weighted by Gasteiger charge is -2.28. The maximum Gasteiger partial charge on any atom is 0.338 e. The number of hydrogen-bond acceptors (Lipinski definition) is 2. The molecule has 1 fully saturated rings. The van der Waals surface area contributed by atoms with Crippen molar-refractivity contribution in [2.24, 2.45) is 11.8 Å². The van der Waals surface area contributed by atoms with Crippen LogP contribution in [0, 0.1) is 11.8 Å². The summed E-state index contributed by atoms with van der Waals surface area (Å²) in [6, 6.07) is 7.99. The smallest absolute Gasteiger partial charge is 0.338 e. The summed E-state index contributed by atoms with van der Waals surface area (Å²) in [6.07, 6.45) is 16.7. The number of aryl methyl sites for hydroxylation is 1. The summed E-state index contributed by atoms with van der Waals surface area (Å²) in [5.41, 5.74) is 2.01. The fourth-order valence-corrected chi connectivity index (χ4v) is 4.24. The Balaban J connectivity index is 1.61. The Bertz CT molecular complexity index is 497. The fourth-order valence-electron chi connectivity index (χ4n) is 4.24. The van der Waals surface area contributed by atoms with Crippen molar-refractivity contribution in [3.05, 3.63) is 35.4 Å². The molecule has 146 valence electrons. The van der Waals surface area contributed by atoms with Crippen LogP contribution in [0.25, 0.3) is 0 Å². The van der Waals surface area contributed by atoms with Crippen molar-refractivity contribution in [1.82, 2.24) is 0 Å². The molecule has 1 aliphatic rings. The van der Waals surface area contributed by atoms with Crippen LogP contribution in [0.2, 0.25) is 0 Å². The van der Waals surface area contributed by atoms with Gasteiger partial charge in [0.25, 0.3) is 0 Å². The molecule has 2 heteroatoms. The van der Waals surface area contributed by atoms with E-state index in [0.717, 1.165) is 18.3 Å². The normalized spacial score (nSPS) is 20.1. The van der Waals surface area contributed by atoms with Gasteiger partial charge in [-0.3, -0.25) is 0 Å². The van der Waals surface area contributed by atoms with Crippen LogP contribution in [-0.4, -0.2) is 12.6 Å². The molecule has 0 heterocycles. The van der Waals surface area contributed by atoms with Crippen LogP contribution in [0.4, 0.5) is 0 Å². The molecular formula is C24H38O2. The van der Waals surface area contributed by atoms with E-state index in [9.17, 15) is 4.79 Å². The van der Waals surface area contributed by atoms with E-state index in [1.165, 1.54) is 76.2 Å². The van der Waals surface area contributed by atoms with Crippen molar-refractivity contribution in [2.75, 3.05) is 6.61 Å². The minimum absolute atomic E-state index is 0.216. The van der Waals surface area contributed by atoms with Crippen molar-refractivity contribution < 1.29 is 9.53 Å². The largest absolute Gasteiger partial charge is 0.462 e. The molecule has 0 N–H and O–H groups in total. The topological polar surface area (TPSA) is 26.3 Å². The number of rotatable bonds is 11. The van der Waals surface area contributed by atoms with Gasteiger partial charge in [-0.1, -0.05) is 83.3 Å². The van der Waals surface area contributed by atoms with Crippen molar-refractivity contribution in [3.63, 3.8) is 0 Å². The quantitative estimate of drug-likeness (QED) is 0.315. The van der Waals surface area contributed by atoms with Gasteiger partial charge in [-0.25, -0.2) is 4.79 Å². The Morgan fingerprint density at radius 1 is 0.885 bits per heavy atom. The first-order valence-electron chi connectivity index (χ1n) is 11.0. The molecule has 1 saturated carbocycles. The number of carbonyl (C=O) groups excluding carboxylic acids is 1. The lowest BCUT2D eigenvalue weighted by atomic mass is 9.77. The monoisotopic (exact) mass is 358 g/mol. The Labute approximate surface area is 160 Å². The van der Waals surface area contributed by atoms with Crippen LogP contribution in [0.1, 0.15) is 100 Å². The number of hydrogen-bond donors (Lipinski definition) is 0. The summed E-state index contributed by atoms with van der Waals surface area (Å²) in [5.74, 6) is 1.68. The third kappa shape index (κ3) is 7.51. The van der Waals surface area contributed by atoms with Crippen LogP contribution in [0.5, 0.6) is 0 Å². The number of benzene rings is 1. The van der Waals surface area contributed by atoms with E-state index in [2.05, 4.69) is 19.1 Å². The molecule has 0 atom stereocenters. The van der Waals surface area contributed by atoms with E-state index in [-0.39, 0.29) is 5.97 Å². The van der Waals surface area contributed by atoms with E-state index in [0.29, 0.717) is 12.2 Å². The fraction of sp³-hybridized carbons (Fsp3) is 0.708. The molecule has 2 rings (SSSR count). The number of unbranched alkanes of at least 4 members (excludes halogenated alkanes) is 4. The Kier molecular flexibility index (Phi) is 9.81. The second-order valence-corrected chi connectivity index (χ2v) is 8.05. The number of carbonyl (C=O) groups is 1. The van der Waals surface area contributed by atoms with Crippen LogP contribution in [-0.2, 0) is 11.2 Å². The highest BCUT2D eigenvalue weighted by atomic mass is 16.5. The number of ether oxygens (including phenoxy) is 1. The summed E-state index contributed by atoms with van der Waals surface area (Å²) in [7, 11) is 0. The molecule has 1 aromatic carbocycles. The van der Waals surface area contributed by atoms with E-state index in [1.807, 2.05) is 19.1 Å². The molecule has 1 aliphatic carbocycles. The Hall–Kier alpha value is -1.31. The van der Waals surface area contributed by atoms with Gasteiger partial charge in [-0.05, 0) is 49.3 Å². The zero-order chi connectivity index (χ0) is 18.6.